The van der Waals surface area contributed by atoms with Crippen molar-refractivity contribution in [3.63, 3.8) is 0 Å². The van der Waals surface area contributed by atoms with Gasteiger partial charge in [-0.15, -0.1) is 0 Å². The Kier molecular flexibility index (Phi) is 8.18. The molecule has 1 aromatic carbocycles. The Morgan fingerprint density at radius 1 is 1.30 bits per heavy atom. The molecule has 5 atom stereocenters. The first-order valence-corrected chi connectivity index (χ1v) is 12.4. The molecule has 0 bridgehead atoms. The van der Waals surface area contributed by atoms with Gasteiger partial charge in [-0.3, -0.25) is 14.5 Å². The Bertz CT molecular complexity index is 756. The molecule has 1 aliphatic carbocycles. The molecule has 0 unspecified atom stereocenters. The van der Waals surface area contributed by atoms with E-state index in [4.69, 9.17) is 4.74 Å². The summed E-state index contributed by atoms with van der Waals surface area (Å²) in [6.07, 6.45) is 6.10. The highest BCUT2D eigenvalue weighted by Gasteiger charge is 2.46. The number of nitrogens with zero attached hydrogens (tertiary/aromatic N) is 2. The molecule has 0 N–H and O–H groups in total. The van der Waals surface area contributed by atoms with Crippen LogP contribution < -0.4 is 0 Å². The highest BCUT2D eigenvalue weighted by molar-refractivity contribution is 14.1. The maximum Gasteiger partial charge on any atom is 0.323 e. The summed E-state index contributed by atoms with van der Waals surface area (Å²) in [7, 11) is 1.90. The van der Waals surface area contributed by atoms with Gasteiger partial charge in [-0.2, -0.15) is 0 Å². The van der Waals surface area contributed by atoms with Crippen LogP contribution in [0.15, 0.2) is 24.3 Å². The Labute approximate surface area is 194 Å². The van der Waals surface area contributed by atoms with Crippen LogP contribution >= 0.6 is 22.6 Å². The minimum Gasteiger partial charge on any atom is -0.465 e. The molecule has 1 saturated carbocycles. The molecule has 30 heavy (non-hydrogen) atoms. The van der Waals surface area contributed by atoms with Gasteiger partial charge in [0.1, 0.15) is 6.04 Å². The molecule has 1 amide bonds. The molecule has 5 nitrogen and oxygen atoms in total. The predicted octanol–water partition coefficient (Wildman–Crippen LogP) is 4.27. The zero-order valence-corrected chi connectivity index (χ0v) is 20.8. The van der Waals surface area contributed by atoms with E-state index in [0.29, 0.717) is 25.0 Å². The van der Waals surface area contributed by atoms with Gasteiger partial charge >= 0.3 is 5.97 Å². The second-order valence-electron chi connectivity index (χ2n) is 8.83. The number of fused-ring (bicyclic) bond motifs is 1. The molecule has 2 aliphatic rings. The normalized spacial score (nSPS) is 25.3. The summed E-state index contributed by atoms with van der Waals surface area (Å²) in [6, 6.07) is 8.12. The summed E-state index contributed by atoms with van der Waals surface area (Å²) < 4.78 is 6.58. The summed E-state index contributed by atoms with van der Waals surface area (Å²) in [5.41, 5.74) is 1.22. The summed E-state index contributed by atoms with van der Waals surface area (Å²) in [5.74, 6) is 0.573. The van der Waals surface area contributed by atoms with E-state index in [0.717, 1.165) is 19.3 Å². The van der Waals surface area contributed by atoms with Crippen molar-refractivity contribution in [3.8, 4) is 0 Å². The number of benzene rings is 1. The summed E-state index contributed by atoms with van der Waals surface area (Å²) >= 11 is 2.33. The van der Waals surface area contributed by atoms with Crippen LogP contribution in [0.5, 0.6) is 0 Å². The molecule has 0 aromatic heterocycles. The van der Waals surface area contributed by atoms with Crippen molar-refractivity contribution in [1.82, 2.24) is 9.80 Å². The lowest BCUT2D eigenvalue weighted by molar-refractivity contribution is -0.152. The van der Waals surface area contributed by atoms with Crippen molar-refractivity contribution in [1.29, 1.82) is 0 Å². The largest absolute Gasteiger partial charge is 0.465 e. The number of hydrogen-bond donors (Lipinski definition) is 0. The smallest absolute Gasteiger partial charge is 0.323 e. The molecule has 1 heterocycles. The number of amides is 1. The maximum atomic E-state index is 13.5. The Morgan fingerprint density at radius 2 is 2.03 bits per heavy atom. The fraction of sp³-hybridized carbons (Fsp3) is 0.667. The van der Waals surface area contributed by atoms with Crippen molar-refractivity contribution in [3.05, 3.63) is 33.4 Å². The number of carbonyl (C=O) groups excluding carboxylic acids is 2. The highest BCUT2D eigenvalue weighted by atomic mass is 127. The van der Waals surface area contributed by atoms with Crippen LogP contribution in [0.25, 0.3) is 0 Å². The minimum absolute atomic E-state index is 0.156. The molecular formula is C24H35IN2O3. The van der Waals surface area contributed by atoms with E-state index in [-0.39, 0.29) is 24.0 Å². The summed E-state index contributed by atoms with van der Waals surface area (Å²) in [6.45, 7) is 6.29. The first kappa shape index (κ1) is 23.5. The first-order valence-electron chi connectivity index (χ1n) is 11.3. The molecule has 3 rings (SSSR count). The van der Waals surface area contributed by atoms with Crippen molar-refractivity contribution < 1.29 is 14.3 Å². The molecule has 1 aromatic rings. The quantitative estimate of drug-likeness (QED) is 0.375. The van der Waals surface area contributed by atoms with E-state index in [1.165, 1.54) is 22.0 Å². The van der Waals surface area contributed by atoms with E-state index in [9.17, 15) is 9.59 Å². The molecular weight excluding hydrogens is 491 g/mol. The predicted molar refractivity (Wildman–Crippen MR) is 127 cm³/mol. The number of rotatable bonds is 8. The van der Waals surface area contributed by atoms with Crippen LogP contribution in [0.4, 0.5) is 0 Å². The average Bonchev–Trinajstić information content (AvgIpc) is 3.28. The van der Waals surface area contributed by atoms with Gasteiger partial charge in [-0.05, 0) is 100 Å². The lowest BCUT2D eigenvalue weighted by Gasteiger charge is -2.36. The van der Waals surface area contributed by atoms with E-state index in [1.807, 2.05) is 37.9 Å². The van der Waals surface area contributed by atoms with Crippen molar-refractivity contribution in [2.24, 2.45) is 5.92 Å². The van der Waals surface area contributed by atoms with Gasteiger partial charge in [0.2, 0.25) is 5.91 Å². The van der Waals surface area contributed by atoms with E-state index in [1.54, 1.807) is 0 Å². The number of aryl methyl sites for hydroxylation is 1. The van der Waals surface area contributed by atoms with Gasteiger partial charge in [0.05, 0.1) is 12.6 Å². The highest BCUT2D eigenvalue weighted by Crippen LogP contribution is 2.41. The van der Waals surface area contributed by atoms with Gasteiger partial charge in [-0.25, -0.2) is 0 Å². The van der Waals surface area contributed by atoms with Crippen molar-refractivity contribution in [2.45, 2.75) is 83.5 Å². The van der Waals surface area contributed by atoms with E-state index in [2.05, 4.69) is 46.5 Å². The number of hydrogen-bond acceptors (Lipinski definition) is 4. The van der Waals surface area contributed by atoms with E-state index >= 15 is 0 Å². The Hall–Kier alpha value is -1.15. The number of ether oxygens (including phenoxy) is 1. The SMILES string of the molecule is CCOC(=O)[C@H](CCc1ccccc1I)N(C)[C@@H](C)C(=O)N1[C@H](C)C[C@@H]2CCC[C@@H]21. The number of likely N-dealkylation sites (tertiary alicyclic amines) is 1. The standard InChI is InChI=1S/C24H35IN2O3/c1-5-30-24(29)22(14-13-18-9-6-7-11-20(18)25)26(4)17(3)23(28)27-16(2)15-19-10-8-12-21(19)27/h6-7,9,11,16-17,19,21-22H,5,8,10,12-15H2,1-4H3/t16-,17+,19+,21+,22+/m1/s1. The van der Waals surface area contributed by atoms with Gasteiger partial charge in [0, 0.05) is 15.7 Å². The maximum absolute atomic E-state index is 13.5. The van der Waals surface area contributed by atoms with Gasteiger partial charge in [0.15, 0.2) is 0 Å². The fourth-order valence-electron chi connectivity index (χ4n) is 5.30. The number of halogens is 1. The molecule has 1 saturated heterocycles. The molecule has 1 aliphatic heterocycles. The van der Waals surface area contributed by atoms with Gasteiger partial charge in [-0.1, -0.05) is 24.6 Å². The Morgan fingerprint density at radius 3 is 2.73 bits per heavy atom. The topological polar surface area (TPSA) is 49.9 Å². The fourth-order valence-corrected chi connectivity index (χ4v) is 5.95. The molecule has 2 fully saturated rings. The third kappa shape index (κ3) is 5.01. The lowest BCUT2D eigenvalue weighted by Crippen LogP contribution is -2.54. The van der Waals surface area contributed by atoms with Crippen LogP contribution in [0.1, 0.15) is 58.4 Å². The monoisotopic (exact) mass is 526 g/mol. The van der Waals surface area contributed by atoms with E-state index < -0.39 is 6.04 Å². The lowest BCUT2D eigenvalue weighted by atomic mass is 10.0. The van der Waals surface area contributed by atoms with Gasteiger partial charge in [0.25, 0.3) is 0 Å². The molecule has 166 valence electrons. The van der Waals surface area contributed by atoms with Crippen molar-refractivity contribution >= 4 is 34.5 Å². The number of likely N-dealkylation sites (N-methyl/N-ethyl adjacent to an activating group) is 1. The zero-order valence-electron chi connectivity index (χ0n) is 18.6. The Balaban J connectivity index is 1.72. The summed E-state index contributed by atoms with van der Waals surface area (Å²) in [4.78, 5) is 30.3. The van der Waals surface area contributed by atoms with Gasteiger partial charge < -0.3 is 9.64 Å². The van der Waals surface area contributed by atoms with Crippen LogP contribution in [0, 0.1) is 9.49 Å². The average molecular weight is 526 g/mol. The second-order valence-corrected chi connectivity index (χ2v) is 9.99. The third-order valence-electron chi connectivity index (χ3n) is 7.01. The second kappa shape index (κ2) is 10.4. The number of esters is 1. The first-order chi connectivity index (χ1) is 14.3. The van der Waals surface area contributed by atoms with Crippen LogP contribution in [-0.2, 0) is 20.7 Å². The number of carbonyl (C=O) groups is 2. The summed E-state index contributed by atoms with van der Waals surface area (Å²) in [5, 5.41) is 0. The molecule has 0 spiro atoms. The molecule has 6 heteroatoms. The molecule has 0 radical (unpaired) electrons. The van der Waals surface area contributed by atoms with Crippen molar-refractivity contribution in [2.75, 3.05) is 13.7 Å². The third-order valence-corrected chi connectivity index (χ3v) is 8.07. The van der Waals surface area contributed by atoms with Crippen LogP contribution in [-0.4, -0.2) is 59.5 Å². The zero-order chi connectivity index (χ0) is 21.8. The van der Waals surface area contributed by atoms with Crippen LogP contribution in [0.2, 0.25) is 0 Å². The minimum atomic E-state index is -0.433. The van der Waals surface area contributed by atoms with Crippen LogP contribution in [0.3, 0.4) is 0 Å².